The standard InChI is InChI=1S/C12H17BrN2OS/c1-15-4-5-17-8-11(15)12(16)6-10-3-2-9(13)7-14-10/h2-3,7,11-12,16H,4-6,8H2,1H3. The quantitative estimate of drug-likeness (QED) is 0.922. The van der Waals surface area contributed by atoms with Crippen LogP contribution >= 0.6 is 27.7 Å². The number of rotatable bonds is 3. The fraction of sp³-hybridized carbons (Fsp3) is 0.583. The summed E-state index contributed by atoms with van der Waals surface area (Å²) in [7, 11) is 2.09. The van der Waals surface area contributed by atoms with E-state index in [1.54, 1.807) is 6.20 Å². The molecule has 0 aliphatic carbocycles. The molecule has 1 aromatic rings. The summed E-state index contributed by atoms with van der Waals surface area (Å²) in [5.74, 6) is 2.17. The van der Waals surface area contributed by atoms with Gasteiger partial charge in [0.25, 0.3) is 0 Å². The van der Waals surface area contributed by atoms with Crippen molar-refractivity contribution in [2.45, 2.75) is 18.6 Å². The van der Waals surface area contributed by atoms with Crippen molar-refractivity contribution in [1.82, 2.24) is 9.88 Å². The fourth-order valence-electron chi connectivity index (χ4n) is 1.99. The molecule has 1 N–H and O–H groups in total. The number of thioether (sulfide) groups is 1. The van der Waals surface area contributed by atoms with Gasteiger partial charge >= 0.3 is 0 Å². The van der Waals surface area contributed by atoms with E-state index in [9.17, 15) is 5.11 Å². The molecule has 1 saturated heterocycles. The van der Waals surface area contributed by atoms with Crippen LogP contribution in [0.3, 0.4) is 0 Å². The number of halogens is 1. The maximum absolute atomic E-state index is 10.3. The average molecular weight is 317 g/mol. The monoisotopic (exact) mass is 316 g/mol. The van der Waals surface area contributed by atoms with Gasteiger partial charge in [-0.25, -0.2) is 0 Å². The van der Waals surface area contributed by atoms with Gasteiger partial charge in [-0.15, -0.1) is 0 Å². The Morgan fingerprint density at radius 3 is 3.12 bits per heavy atom. The van der Waals surface area contributed by atoms with Gasteiger partial charge in [-0.3, -0.25) is 9.88 Å². The Bertz CT molecular complexity index is 360. The number of aliphatic hydroxyl groups is 1. The van der Waals surface area contributed by atoms with Gasteiger partial charge in [0.2, 0.25) is 0 Å². The van der Waals surface area contributed by atoms with Crippen LogP contribution in [-0.2, 0) is 6.42 Å². The van der Waals surface area contributed by atoms with Crippen LogP contribution in [0.25, 0.3) is 0 Å². The zero-order valence-electron chi connectivity index (χ0n) is 9.84. The van der Waals surface area contributed by atoms with Crippen LogP contribution in [0.4, 0.5) is 0 Å². The van der Waals surface area contributed by atoms with Crippen molar-refractivity contribution < 1.29 is 5.11 Å². The number of aliphatic hydroxyl groups excluding tert-OH is 1. The lowest BCUT2D eigenvalue weighted by atomic mass is 10.1. The molecular formula is C12H17BrN2OS. The van der Waals surface area contributed by atoms with Crippen LogP contribution in [0, 0.1) is 0 Å². The van der Waals surface area contributed by atoms with Crippen molar-refractivity contribution >= 4 is 27.7 Å². The summed E-state index contributed by atoms with van der Waals surface area (Å²) in [6.07, 6.45) is 2.08. The highest BCUT2D eigenvalue weighted by molar-refractivity contribution is 9.10. The minimum absolute atomic E-state index is 0.249. The third kappa shape index (κ3) is 3.68. The molecule has 2 unspecified atom stereocenters. The van der Waals surface area contributed by atoms with Crippen molar-refractivity contribution in [3.8, 4) is 0 Å². The summed E-state index contributed by atoms with van der Waals surface area (Å²) in [4.78, 5) is 6.56. The van der Waals surface area contributed by atoms with Gasteiger partial charge in [0, 0.05) is 46.9 Å². The zero-order chi connectivity index (χ0) is 12.3. The second-order valence-electron chi connectivity index (χ2n) is 4.36. The molecule has 3 nitrogen and oxygen atoms in total. The van der Waals surface area contributed by atoms with Crippen LogP contribution in [0.2, 0.25) is 0 Å². The van der Waals surface area contributed by atoms with Crippen molar-refractivity contribution in [2.24, 2.45) is 0 Å². The molecule has 94 valence electrons. The molecular weight excluding hydrogens is 300 g/mol. The summed E-state index contributed by atoms with van der Waals surface area (Å²) in [6.45, 7) is 1.06. The van der Waals surface area contributed by atoms with Crippen molar-refractivity contribution in [1.29, 1.82) is 0 Å². The normalized spacial score (nSPS) is 23.6. The summed E-state index contributed by atoms with van der Waals surface area (Å²) < 4.78 is 0.973. The van der Waals surface area contributed by atoms with Gasteiger partial charge in [-0.1, -0.05) is 0 Å². The first kappa shape index (κ1) is 13.3. The van der Waals surface area contributed by atoms with Crippen LogP contribution in [0.15, 0.2) is 22.8 Å². The summed E-state index contributed by atoms with van der Waals surface area (Å²) >= 11 is 5.28. The van der Waals surface area contributed by atoms with E-state index < -0.39 is 0 Å². The first-order chi connectivity index (χ1) is 8.16. The van der Waals surface area contributed by atoms with Crippen LogP contribution < -0.4 is 0 Å². The van der Waals surface area contributed by atoms with Crippen molar-refractivity contribution in [2.75, 3.05) is 25.1 Å². The fourth-order valence-corrected chi connectivity index (χ4v) is 3.52. The van der Waals surface area contributed by atoms with E-state index >= 15 is 0 Å². The third-order valence-electron chi connectivity index (χ3n) is 3.09. The third-order valence-corrected chi connectivity index (χ3v) is 4.61. The second kappa shape index (κ2) is 6.18. The minimum atomic E-state index is -0.332. The molecule has 1 aromatic heterocycles. The van der Waals surface area contributed by atoms with Crippen molar-refractivity contribution in [3.05, 3.63) is 28.5 Å². The lowest BCUT2D eigenvalue weighted by molar-refractivity contribution is 0.0756. The number of hydrogen-bond donors (Lipinski definition) is 1. The van der Waals surface area contributed by atoms with Gasteiger partial charge in [-0.05, 0) is 35.1 Å². The molecule has 1 aliphatic rings. The van der Waals surface area contributed by atoms with E-state index in [0.29, 0.717) is 6.42 Å². The Morgan fingerprint density at radius 2 is 2.47 bits per heavy atom. The first-order valence-electron chi connectivity index (χ1n) is 5.73. The Balaban J connectivity index is 1.95. The smallest absolute Gasteiger partial charge is 0.0758 e. The van der Waals surface area contributed by atoms with Crippen LogP contribution in [0.5, 0.6) is 0 Å². The Hall–Kier alpha value is -0.100. The zero-order valence-corrected chi connectivity index (χ0v) is 12.2. The molecule has 0 bridgehead atoms. The number of likely N-dealkylation sites (N-methyl/N-ethyl adjacent to an activating group) is 1. The summed E-state index contributed by atoms with van der Waals surface area (Å²) in [6, 6.07) is 4.18. The Labute approximate surface area is 115 Å². The lowest BCUT2D eigenvalue weighted by Crippen LogP contribution is -2.47. The van der Waals surface area contributed by atoms with Gasteiger partial charge in [0.15, 0.2) is 0 Å². The molecule has 0 amide bonds. The number of pyridine rings is 1. The molecule has 0 saturated carbocycles. The number of aromatic nitrogens is 1. The highest BCUT2D eigenvalue weighted by Crippen LogP contribution is 2.19. The lowest BCUT2D eigenvalue weighted by Gasteiger charge is -2.35. The molecule has 0 spiro atoms. The van der Waals surface area contributed by atoms with E-state index in [-0.39, 0.29) is 12.1 Å². The molecule has 2 heterocycles. The summed E-state index contributed by atoms with van der Waals surface area (Å²) in [5, 5.41) is 10.3. The van der Waals surface area contributed by atoms with E-state index in [1.165, 1.54) is 0 Å². The topological polar surface area (TPSA) is 36.4 Å². The van der Waals surface area contributed by atoms with Gasteiger partial charge in [0.05, 0.1) is 6.10 Å². The van der Waals surface area contributed by atoms with Crippen LogP contribution in [-0.4, -0.2) is 52.2 Å². The molecule has 1 fully saturated rings. The molecule has 17 heavy (non-hydrogen) atoms. The van der Waals surface area contributed by atoms with Crippen molar-refractivity contribution in [3.63, 3.8) is 0 Å². The van der Waals surface area contributed by atoms with Gasteiger partial charge in [0.1, 0.15) is 0 Å². The number of nitrogens with zero attached hydrogens (tertiary/aromatic N) is 2. The second-order valence-corrected chi connectivity index (χ2v) is 6.43. The Morgan fingerprint density at radius 1 is 1.65 bits per heavy atom. The average Bonchev–Trinajstić information content (AvgIpc) is 2.32. The molecule has 5 heteroatoms. The van der Waals surface area contributed by atoms with E-state index in [1.807, 2.05) is 23.9 Å². The predicted octanol–water partition coefficient (Wildman–Crippen LogP) is 1.79. The molecule has 1 aliphatic heterocycles. The highest BCUT2D eigenvalue weighted by Gasteiger charge is 2.26. The summed E-state index contributed by atoms with van der Waals surface area (Å²) in [5.41, 5.74) is 0.949. The highest BCUT2D eigenvalue weighted by atomic mass is 79.9. The van der Waals surface area contributed by atoms with Crippen LogP contribution in [0.1, 0.15) is 5.69 Å². The number of hydrogen-bond acceptors (Lipinski definition) is 4. The first-order valence-corrected chi connectivity index (χ1v) is 7.68. The Kier molecular flexibility index (Phi) is 4.85. The molecule has 2 atom stereocenters. The molecule has 2 rings (SSSR count). The molecule has 0 radical (unpaired) electrons. The van der Waals surface area contributed by atoms with Gasteiger partial charge in [-0.2, -0.15) is 11.8 Å². The van der Waals surface area contributed by atoms with E-state index in [2.05, 4.69) is 32.9 Å². The van der Waals surface area contributed by atoms with E-state index in [4.69, 9.17) is 0 Å². The predicted molar refractivity (Wildman–Crippen MR) is 75.4 cm³/mol. The van der Waals surface area contributed by atoms with E-state index in [0.717, 1.165) is 28.2 Å². The largest absolute Gasteiger partial charge is 0.391 e. The maximum atomic E-state index is 10.3. The SMILES string of the molecule is CN1CCSCC1C(O)Cc1ccc(Br)cn1. The molecule has 0 aromatic carbocycles. The minimum Gasteiger partial charge on any atom is -0.391 e. The maximum Gasteiger partial charge on any atom is 0.0758 e. The van der Waals surface area contributed by atoms with Gasteiger partial charge < -0.3 is 5.11 Å².